The quantitative estimate of drug-likeness (QED) is 0.350. The predicted octanol–water partition coefficient (Wildman–Crippen LogP) is 5.24. The van der Waals surface area contributed by atoms with Crippen molar-refractivity contribution in [2.45, 2.75) is 57.3 Å². The van der Waals surface area contributed by atoms with Gasteiger partial charge in [0.1, 0.15) is 5.75 Å². The second-order valence-corrected chi connectivity index (χ2v) is 10.1. The highest BCUT2D eigenvalue weighted by molar-refractivity contribution is 5.95. The molecule has 0 radical (unpaired) electrons. The van der Waals surface area contributed by atoms with Crippen LogP contribution < -0.4 is 10.1 Å². The van der Waals surface area contributed by atoms with Gasteiger partial charge in [-0.05, 0) is 105 Å². The number of hydrogen-bond donors (Lipinski definition) is 1. The Balaban J connectivity index is 1.43. The fraction of sp³-hybridized carbons (Fsp3) is 0.483. The van der Waals surface area contributed by atoms with Gasteiger partial charge in [-0.2, -0.15) is 0 Å². The van der Waals surface area contributed by atoms with Crippen molar-refractivity contribution in [2.24, 2.45) is 17.8 Å². The molecule has 0 aromatic heterocycles. The molecule has 0 spiro atoms. The summed E-state index contributed by atoms with van der Waals surface area (Å²) < 4.78 is 17.2. The average molecular weight is 460 g/mol. The molecule has 34 heavy (non-hydrogen) atoms. The number of amides is 1. The molecule has 1 N–H and O–H groups in total. The van der Waals surface area contributed by atoms with E-state index in [0.29, 0.717) is 12.2 Å². The summed E-state index contributed by atoms with van der Waals surface area (Å²) in [6.07, 6.45) is 7.76. The molecule has 2 aromatic carbocycles. The van der Waals surface area contributed by atoms with Crippen LogP contribution in [0.4, 0.5) is 0 Å². The van der Waals surface area contributed by atoms with E-state index in [1.807, 2.05) is 37.3 Å². The maximum atomic E-state index is 12.3. The minimum atomic E-state index is -0.736. The van der Waals surface area contributed by atoms with Gasteiger partial charge in [-0.1, -0.05) is 18.2 Å². The van der Waals surface area contributed by atoms with Crippen LogP contribution in [0.3, 0.4) is 0 Å². The lowest BCUT2D eigenvalue weighted by molar-refractivity contribution is -0.231. The van der Waals surface area contributed by atoms with E-state index in [1.165, 1.54) is 44.1 Å². The zero-order valence-corrected chi connectivity index (χ0v) is 20.0. The Hall–Kier alpha value is -2.81. The van der Waals surface area contributed by atoms with E-state index in [1.54, 1.807) is 19.2 Å². The first-order chi connectivity index (χ1) is 16.6. The zero-order valence-electron chi connectivity index (χ0n) is 20.0. The molecule has 4 saturated carbocycles. The summed E-state index contributed by atoms with van der Waals surface area (Å²) in [5, 5.41) is 2.70. The largest absolute Gasteiger partial charge is 0.441 e. The van der Waals surface area contributed by atoms with Gasteiger partial charge >= 0.3 is 6.48 Å². The third-order valence-electron chi connectivity index (χ3n) is 7.73. The van der Waals surface area contributed by atoms with Crippen molar-refractivity contribution in [3.05, 3.63) is 65.2 Å². The highest BCUT2D eigenvalue weighted by Crippen LogP contribution is 2.62. The Kier molecular flexibility index (Phi) is 6.63. The molecule has 5 heteroatoms. The molecule has 178 valence electrons. The third kappa shape index (κ3) is 4.71. The lowest BCUT2D eigenvalue weighted by atomic mass is 9.48. The minimum Gasteiger partial charge on any atom is -0.441 e. The molecule has 2 aromatic rings. The van der Waals surface area contributed by atoms with Crippen molar-refractivity contribution in [3.63, 3.8) is 0 Å². The number of methoxy groups -OCH3 is 1. The molecule has 0 aliphatic heterocycles. The van der Waals surface area contributed by atoms with Crippen molar-refractivity contribution in [1.29, 1.82) is 0 Å². The number of carbonyl (C=O) groups is 1. The first kappa shape index (κ1) is 23.0. The maximum absolute atomic E-state index is 12.3. The zero-order chi connectivity index (χ0) is 23.5. The molecule has 1 unspecified atom stereocenters. The summed E-state index contributed by atoms with van der Waals surface area (Å²) in [7, 11) is 1.60. The van der Waals surface area contributed by atoms with Crippen molar-refractivity contribution >= 4 is 5.91 Å². The lowest BCUT2D eigenvalue weighted by Gasteiger charge is -2.57. The van der Waals surface area contributed by atoms with Crippen molar-refractivity contribution < 1.29 is 19.0 Å². The Morgan fingerprint density at radius 2 is 1.74 bits per heavy atom. The maximum Gasteiger partial charge on any atom is 0.315 e. The third-order valence-corrected chi connectivity index (χ3v) is 7.73. The van der Waals surface area contributed by atoms with Gasteiger partial charge in [0.15, 0.2) is 0 Å². The van der Waals surface area contributed by atoms with E-state index in [-0.39, 0.29) is 11.3 Å². The standard InChI is InChI=1S/C29H33NO4/c1-3-33-28(32-2)34-26-10-9-20(11-12-30-27(31)24-7-5-4-6-8-24)16-25(26)29-17-21-13-22(18-29)15-23(14-21)19-29/h4-10,16,21-23,28H,3,13-15,17-19H2,1-2H3,(H,30,31). The fourth-order valence-corrected chi connectivity index (χ4v) is 6.78. The SMILES string of the molecule is CCOC(OC)Oc1ccc(C#CNC(=O)c2ccccc2)cc1C12CC3CC(CC(C3)C1)C2. The predicted molar refractivity (Wildman–Crippen MR) is 130 cm³/mol. The molecular formula is C29H33NO4. The molecule has 0 heterocycles. The van der Waals surface area contributed by atoms with Crippen LogP contribution >= 0.6 is 0 Å². The van der Waals surface area contributed by atoms with E-state index in [9.17, 15) is 4.79 Å². The minimum absolute atomic E-state index is 0.125. The van der Waals surface area contributed by atoms with Crippen LogP contribution in [0.25, 0.3) is 0 Å². The highest BCUT2D eigenvalue weighted by atomic mass is 16.8. The van der Waals surface area contributed by atoms with Gasteiger partial charge in [0.05, 0.1) is 6.61 Å². The van der Waals surface area contributed by atoms with Gasteiger partial charge in [0.2, 0.25) is 0 Å². The van der Waals surface area contributed by atoms with E-state index >= 15 is 0 Å². The molecule has 6 rings (SSSR count). The van der Waals surface area contributed by atoms with Gasteiger partial charge in [0, 0.05) is 29.8 Å². The number of hydrogen-bond acceptors (Lipinski definition) is 4. The van der Waals surface area contributed by atoms with Crippen molar-refractivity contribution in [1.82, 2.24) is 5.32 Å². The number of nitrogens with one attached hydrogen (secondary N) is 1. The van der Waals surface area contributed by atoms with Gasteiger partial charge in [-0.3, -0.25) is 10.1 Å². The number of rotatable bonds is 7. The van der Waals surface area contributed by atoms with Crippen LogP contribution in [0, 0.1) is 29.7 Å². The van der Waals surface area contributed by atoms with E-state index < -0.39 is 6.48 Å². The summed E-state index contributed by atoms with van der Waals surface area (Å²) in [5.74, 6) is 6.19. The fourth-order valence-electron chi connectivity index (χ4n) is 6.78. The van der Waals surface area contributed by atoms with E-state index in [2.05, 4.69) is 23.3 Å². The molecule has 4 bridgehead atoms. The smallest absolute Gasteiger partial charge is 0.315 e. The Labute approximate surface area is 202 Å². The van der Waals surface area contributed by atoms with Crippen LogP contribution in [-0.2, 0) is 14.9 Å². The van der Waals surface area contributed by atoms with Crippen LogP contribution in [0.5, 0.6) is 5.75 Å². The Bertz CT molecular complexity index is 1050. The van der Waals surface area contributed by atoms with Crippen LogP contribution in [0.15, 0.2) is 48.5 Å². The molecule has 1 atom stereocenters. The molecule has 4 aliphatic rings. The van der Waals surface area contributed by atoms with Crippen molar-refractivity contribution in [3.8, 4) is 17.7 Å². The summed E-state index contributed by atoms with van der Waals surface area (Å²) in [5.41, 5.74) is 2.81. The number of benzene rings is 2. The topological polar surface area (TPSA) is 56.8 Å². The summed E-state index contributed by atoms with van der Waals surface area (Å²) >= 11 is 0. The first-order valence-electron chi connectivity index (χ1n) is 12.4. The van der Waals surface area contributed by atoms with Crippen LogP contribution in [0.1, 0.15) is 66.9 Å². The molecular weight excluding hydrogens is 426 g/mol. The average Bonchev–Trinajstić information content (AvgIpc) is 2.84. The van der Waals surface area contributed by atoms with Crippen molar-refractivity contribution in [2.75, 3.05) is 13.7 Å². The second-order valence-electron chi connectivity index (χ2n) is 10.1. The first-order valence-corrected chi connectivity index (χ1v) is 12.4. The Morgan fingerprint density at radius 1 is 1.06 bits per heavy atom. The molecule has 1 amide bonds. The summed E-state index contributed by atoms with van der Waals surface area (Å²) in [6, 6.07) is 18.1. The Morgan fingerprint density at radius 3 is 2.35 bits per heavy atom. The lowest BCUT2D eigenvalue weighted by Crippen LogP contribution is -2.48. The molecule has 4 aliphatic carbocycles. The summed E-state index contributed by atoms with van der Waals surface area (Å²) in [6.45, 7) is 1.70. The van der Waals surface area contributed by atoms with Gasteiger partial charge in [-0.25, -0.2) is 0 Å². The van der Waals surface area contributed by atoms with Gasteiger partial charge < -0.3 is 14.2 Å². The molecule has 5 nitrogen and oxygen atoms in total. The molecule has 0 saturated heterocycles. The normalized spacial score (nSPS) is 27.5. The van der Waals surface area contributed by atoms with Crippen LogP contribution in [-0.4, -0.2) is 26.1 Å². The van der Waals surface area contributed by atoms with Gasteiger partial charge in [0.25, 0.3) is 5.91 Å². The number of ether oxygens (including phenoxy) is 3. The van der Waals surface area contributed by atoms with E-state index in [0.717, 1.165) is 29.1 Å². The van der Waals surface area contributed by atoms with Crippen LogP contribution in [0.2, 0.25) is 0 Å². The monoisotopic (exact) mass is 459 g/mol. The molecule has 4 fully saturated rings. The van der Waals surface area contributed by atoms with E-state index in [4.69, 9.17) is 14.2 Å². The highest BCUT2D eigenvalue weighted by Gasteiger charge is 2.52. The number of carbonyl (C=O) groups excluding carboxylic acids is 1. The summed E-state index contributed by atoms with van der Waals surface area (Å²) in [4.78, 5) is 12.3. The second kappa shape index (κ2) is 9.82. The van der Waals surface area contributed by atoms with Gasteiger partial charge in [-0.15, -0.1) is 0 Å².